The summed E-state index contributed by atoms with van der Waals surface area (Å²) in [6.07, 6.45) is 0. The van der Waals surface area contributed by atoms with Crippen molar-refractivity contribution in [2.75, 3.05) is 6.54 Å². The van der Waals surface area contributed by atoms with Gasteiger partial charge in [-0.25, -0.2) is 9.37 Å². The minimum atomic E-state index is -0.216. The van der Waals surface area contributed by atoms with Crippen molar-refractivity contribution in [2.24, 2.45) is 0 Å². The number of nitrogens with one attached hydrogen (secondary N) is 1. The van der Waals surface area contributed by atoms with Gasteiger partial charge in [0.05, 0.1) is 5.69 Å². The number of hydrogen-bond donors (Lipinski definition) is 1. The highest BCUT2D eigenvalue weighted by Crippen LogP contribution is 2.31. The third-order valence-electron chi connectivity index (χ3n) is 2.88. The van der Waals surface area contributed by atoms with Gasteiger partial charge in [0.25, 0.3) is 0 Å². The normalized spacial score (nSPS) is 11.2. The Morgan fingerprint density at radius 3 is 2.79 bits per heavy atom. The molecular formula is C15H19FN2S. The number of halogens is 1. The summed E-state index contributed by atoms with van der Waals surface area (Å²) in [5.74, 6) is 0.166. The van der Waals surface area contributed by atoms with E-state index < -0.39 is 0 Å². The summed E-state index contributed by atoms with van der Waals surface area (Å²) in [4.78, 5) is 5.93. The first kappa shape index (κ1) is 14.2. The summed E-state index contributed by atoms with van der Waals surface area (Å²) in [6, 6.07) is 6.63. The Balaban J connectivity index is 2.36. The summed E-state index contributed by atoms with van der Waals surface area (Å²) in [5, 5.41) is 4.23. The number of nitrogens with zero attached hydrogens (tertiary/aromatic N) is 1. The van der Waals surface area contributed by atoms with E-state index in [-0.39, 0.29) is 5.82 Å². The smallest absolute Gasteiger partial charge is 0.124 e. The van der Waals surface area contributed by atoms with Crippen LogP contribution in [-0.2, 0) is 6.54 Å². The molecule has 2 nitrogen and oxygen atoms in total. The molecule has 0 unspecified atom stereocenters. The second kappa shape index (κ2) is 6.26. The van der Waals surface area contributed by atoms with E-state index in [4.69, 9.17) is 0 Å². The summed E-state index contributed by atoms with van der Waals surface area (Å²) in [5.41, 5.74) is 1.97. The van der Waals surface area contributed by atoms with Crippen LogP contribution in [0, 0.1) is 5.82 Å². The molecule has 0 amide bonds. The zero-order valence-corrected chi connectivity index (χ0v) is 12.4. The summed E-state index contributed by atoms with van der Waals surface area (Å²) < 4.78 is 13.3. The highest BCUT2D eigenvalue weighted by atomic mass is 32.1. The Bertz CT molecular complexity index is 549. The average Bonchev–Trinajstić information content (AvgIpc) is 2.80. The molecule has 0 saturated heterocycles. The molecule has 0 atom stereocenters. The predicted octanol–water partition coefficient (Wildman–Crippen LogP) is 4.18. The van der Waals surface area contributed by atoms with Gasteiger partial charge in [-0.15, -0.1) is 11.3 Å². The largest absolute Gasteiger partial charge is 0.312 e. The van der Waals surface area contributed by atoms with Crippen molar-refractivity contribution in [3.05, 3.63) is 40.7 Å². The van der Waals surface area contributed by atoms with Gasteiger partial charge in [0.2, 0.25) is 0 Å². The first-order valence-corrected chi connectivity index (χ1v) is 7.39. The van der Waals surface area contributed by atoms with E-state index in [0.717, 1.165) is 29.4 Å². The van der Waals surface area contributed by atoms with E-state index >= 15 is 0 Å². The van der Waals surface area contributed by atoms with E-state index in [1.54, 1.807) is 23.5 Å². The SMILES string of the molecule is CCNCc1sc(-c2cccc(F)c2)nc1C(C)C. The van der Waals surface area contributed by atoms with Crippen LogP contribution in [-0.4, -0.2) is 11.5 Å². The third kappa shape index (κ3) is 3.39. The number of aromatic nitrogens is 1. The van der Waals surface area contributed by atoms with Crippen LogP contribution in [0.5, 0.6) is 0 Å². The maximum atomic E-state index is 13.3. The Morgan fingerprint density at radius 2 is 2.16 bits per heavy atom. The molecule has 1 heterocycles. The molecule has 4 heteroatoms. The van der Waals surface area contributed by atoms with Gasteiger partial charge < -0.3 is 5.32 Å². The summed E-state index contributed by atoms with van der Waals surface area (Å²) >= 11 is 1.65. The van der Waals surface area contributed by atoms with Crippen molar-refractivity contribution >= 4 is 11.3 Å². The summed E-state index contributed by atoms with van der Waals surface area (Å²) in [6.45, 7) is 8.13. The van der Waals surface area contributed by atoms with Crippen LogP contribution in [0.25, 0.3) is 10.6 Å². The Hall–Kier alpha value is -1.26. The molecule has 1 aromatic carbocycles. The van der Waals surface area contributed by atoms with Crippen molar-refractivity contribution in [2.45, 2.75) is 33.2 Å². The lowest BCUT2D eigenvalue weighted by Crippen LogP contribution is -2.12. The number of rotatable bonds is 5. The minimum absolute atomic E-state index is 0.216. The lowest BCUT2D eigenvalue weighted by atomic mass is 10.1. The second-order valence-corrected chi connectivity index (χ2v) is 5.86. The molecular weight excluding hydrogens is 259 g/mol. The van der Waals surface area contributed by atoms with Gasteiger partial charge in [0, 0.05) is 17.0 Å². The van der Waals surface area contributed by atoms with Gasteiger partial charge in [-0.05, 0) is 24.6 Å². The Labute approximate surface area is 117 Å². The van der Waals surface area contributed by atoms with Gasteiger partial charge in [-0.1, -0.05) is 32.9 Å². The first-order valence-electron chi connectivity index (χ1n) is 6.58. The van der Waals surface area contributed by atoms with Gasteiger partial charge in [0.1, 0.15) is 10.8 Å². The number of benzene rings is 1. The highest BCUT2D eigenvalue weighted by molar-refractivity contribution is 7.15. The fraction of sp³-hybridized carbons (Fsp3) is 0.400. The van der Waals surface area contributed by atoms with Gasteiger partial charge in [-0.2, -0.15) is 0 Å². The molecule has 0 spiro atoms. The summed E-state index contributed by atoms with van der Waals surface area (Å²) in [7, 11) is 0. The van der Waals surface area contributed by atoms with Crippen molar-refractivity contribution < 1.29 is 4.39 Å². The molecule has 19 heavy (non-hydrogen) atoms. The van der Waals surface area contributed by atoms with Crippen LogP contribution in [0.4, 0.5) is 4.39 Å². The molecule has 0 saturated carbocycles. The molecule has 2 aromatic rings. The van der Waals surface area contributed by atoms with E-state index in [0.29, 0.717) is 5.92 Å². The van der Waals surface area contributed by atoms with Crippen LogP contribution in [0.2, 0.25) is 0 Å². The maximum Gasteiger partial charge on any atom is 0.124 e. The number of hydrogen-bond acceptors (Lipinski definition) is 3. The van der Waals surface area contributed by atoms with Gasteiger partial charge in [0.15, 0.2) is 0 Å². The van der Waals surface area contributed by atoms with Crippen molar-refractivity contribution in [3.8, 4) is 10.6 Å². The van der Waals surface area contributed by atoms with Crippen LogP contribution >= 0.6 is 11.3 Å². The minimum Gasteiger partial charge on any atom is -0.312 e. The molecule has 0 aliphatic rings. The zero-order chi connectivity index (χ0) is 13.8. The first-order chi connectivity index (χ1) is 9.11. The Kier molecular flexibility index (Phi) is 4.66. The van der Waals surface area contributed by atoms with Crippen LogP contribution in [0.15, 0.2) is 24.3 Å². The van der Waals surface area contributed by atoms with Crippen LogP contribution in [0.3, 0.4) is 0 Å². The molecule has 0 fully saturated rings. The topological polar surface area (TPSA) is 24.9 Å². The predicted molar refractivity (Wildman–Crippen MR) is 79.0 cm³/mol. The molecule has 0 aliphatic carbocycles. The quantitative estimate of drug-likeness (QED) is 0.887. The van der Waals surface area contributed by atoms with Crippen LogP contribution in [0.1, 0.15) is 37.3 Å². The molecule has 2 rings (SSSR count). The van der Waals surface area contributed by atoms with Crippen molar-refractivity contribution in [3.63, 3.8) is 0 Å². The van der Waals surface area contributed by atoms with Crippen molar-refractivity contribution in [1.29, 1.82) is 0 Å². The van der Waals surface area contributed by atoms with E-state index in [1.165, 1.54) is 10.9 Å². The molecule has 102 valence electrons. The molecule has 0 aliphatic heterocycles. The lowest BCUT2D eigenvalue weighted by Gasteiger charge is -2.04. The molecule has 0 radical (unpaired) electrons. The van der Waals surface area contributed by atoms with Gasteiger partial charge in [-0.3, -0.25) is 0 Å². The molecule has 1 N–H and O–H groups in total. The zero-order valence-electron chi connectivity index (χ0n) is 11.5. The lowest BCUT2D eigenvalue weighted by molar-refractivity contribution is 0.628. The standard InChI is InChI=1S/C15H19FN2S/c1-4-17-9-13-14(10(2)3)18-15(19-13)11-6-5-7-12(16)8-11/h5-8,10,17H,4,9H2,1-3H3. The van der Waals surface area contributed by atoms with Crippen LogP contribution < -0.4 is 5.32 Å². The Morgan fingerprint density at radius 1 is 1.37 bits per heavy atom. The van der Waals surface area contributed by atoms with Crippen molar-refractivity contribution in [1.82, 2.24) is 10.3 Å². The number of thiazole rings is 1. The average molecular weight is 278 g/mol. The molecule has 1 aromatic heterocycles. The van der Waals surface area contributed by atoms with E-state index in [1.807, 2.05) is 6.07 Å². The van der Waals surface area contributed by atoms with E-state index in [2.05, 4.69) is 31.1 Å². The van der Waals surface area contributed by atoms with Gasteiger partial charge >= 0.3 is 0 Å². The maximum absolute atomic E-state index is 13.3. The fourth-order valence-corrected chi connectivity index (χ4v) is 3.11. The molecule has 0 bridgehead atoms. The monoisotopic (exact) mass is 278 g/mol. The third-order valence-corrected chi connectivity index (χ3v) is 4.00. The van der Waals surface area contributed by atoms with E-state index in [9.17, 15) is 4.39 Å². The highest BCUT2D eigenvalue weighted by Gasteiger charge is 2.15. The fourth-order valence-electron chi connectivity index (χ4n) is 1.92. The second-order valence-electron chi connectivity index (χ2n) is 4.77.